The first kappa shape index (κ1) is 18.3. The zero-order chi connectivity index (χ0) is 18.5. The number of rotatable bonds is 6. The van der Waals surface area contributed by atoms with Crippen molar-refractivity contribution in [3.8, 4) is 0 Å². The molecule has 0 radical (unpaired) electrons. The monoisotopic (exact) mass is 353 g/mol. The predicted octanol–water partition coefficient (Wildman–Crippen LogP) is 2.94. The lowest BCUT2D eigenvalue weighted by Crippen LogP contribution is -2.35. The molecular formula is C21H23NO4. The number of Topliss-reactive ketones (excluding diaryl/α,β-unsaturated/α-hetero) is 1. The molecule has 5 nitrogen and oxygen atoms in total. The van der Waals surface area contributed by atoms with Crippen LogP contribution in [0.25, 0.3) is 0 Å². The molecule has 1 unspecified atom stereocenters. The van der Waals surface area contributed by atoms with E-state index in [1.807, 2.05) is 12.1 Å². The number of hydrogen-bond donors (Lipinski definition) is 1. The molecule has 0 aromatic heterocycles. The largest absolute Gasteiger partial charge is 0.478 e. The SMILES string of the molecule is CC(=O)C(c1ccc(CN2CCOCC2)cc1)c1ccc(C(=O)O)cc1. The van der Waals surface area contributed by atoms with Gasteiger partial charge in [0.25, 0.3) is 0 Å². The maximum absolute atomic E-state index is 12.2. The van der Waals surface area contributed by atoms with Crippen LogP contribution in [0, 0.1) is 0 Å². The molecule has 0 aliphatic carbocycles. The van der Waals surface area contributed by atoms with Crippen LogP contribution in [0.3, 0.4) is 0 Å². The summed E-state index contributed by atoms with van der Waals surface area (Å²) in [5, 5.41) is 9.03. The molecular weight excluding hydrogens is 330 g/mol. The first-order valence-corrected chi connectivity index (χ1v) is 8.77. The summed E-state index contributed by atoms with van der Waals surface area (Å²) < 4.78 is 5.37. The summed E-state index contributed by atoms with van der Waals surface area (Å²) in [4.78, 5) is 25.6. The zero-order valence-electron chi connectivity index (χ0n) is 14.9. The van der Waals surface area contributed by atoms with Gasteiger partial charge in [-0.1, -0.05) is 36.4 Å². The molecule has 3 rings (SSSR count). The molecule has 0 amide bonds. The summed E-state index contributed by atoms with van der Waals surface area (Å²) in [7, 11) is 0. The highest BCUT2D eigenvalue weighted by molar-refractivity contribution is 5.89. The number of carboxylic acids is 1. The van der Waals surface area contributed by atoms with Gasteiger partial charge in [0.05, 0.1) is 24.7 Å². The van der Waals surface area contributed by atoms with Gasteiger partial charge in [-0.25, -0.2) is 4.79 Å². The fourth-order valence-corrected chi connectivity index (χ4v) is 3.31. The van der Waals surface area contributed by atoms with E-state index in [4.69, 9.17) is 9.84 Å². The van der Waals surface area contributed by atoms with Crippen LogP contribution in [-0.4, -0.2) is 48.1 Å². The average Bonchev–Trinajstić information content (AvgIpc) is 2.64. The standard InChI is InChI=1S/C21H23NO4/c1-15(23)20(18-6-8-19(9-7-18)21(24)25)17-4-2-16(3-5-17)14-22-10-12-26-13-11-22/h2-9,20H,10-14H2,1H3,(H,24,25). The fraction of sp³-hybridized carbons (Fsp3) is 0.333. The van der Waals surface area contributed by atoms with Gasteiger partial charge < -0.3 is 9.84 Å². The Bertz CT molecular complexity index is 762. The molecule has 0 spiro atoms. The lowest BCUT2D eigenvalue weighted by atomic mass is 9.87. The van der Waals surface area contributed by atoms with Crippen LogP contribution >= 0.6 is 0 Å². The second kappa shape index (κ2) is 8.25. The molecule has 26 heavy (non-hydrogen) atoms. The van der Waals surface area contributed by atoms with E-state index in [1.165, 1.54) is 5.56 Å². The van der Waals surface area contributed by atoms with E-state index in [-0.39, 0.29) is 17.3 Å². The Kier molecular flexibility index (Phi) is 5.81. The molecule has 1 N–H and O–H groups in total. The quantitative estimate of drug-likeness (QED) is 0.865. The van der Waals surface area contributed by atoms with Gasteiger partial charge in [0.15, 0.2) is 0 Å². The minimum absolute atomic E-state index is 0.0361. The molecule has 1 aliphatic heterocycles. The van der Waals surface area contributed by atoms with Gasteiger partial charge in [0.1, 0.15) is 5.78 Å². The molecule has 1 atom stereocenters. The Morgan fingerprint density at radius 1 is 1.00 bits per heavy atom. The van der Waals surface area contributed by atoms with Crippen molar-refractivity contribution < 1.29 is 19.4 Å². The summed E-state index contributed by atoms with van der Waals surface area (Å²) in [6.45, 7) is 5.87. The zero-order valence-corrected chi connectivity index (χ0v) is 14.9. The highest BCUT2D eigenvalue weighted by Gasteiger charge is 2.20. The van der Waals surface area contributed by atoms with Crippen molar-refractivity contribution in [2.75, 3.05) is 26.3 Å². The lowest BCUT2D eigenvalue weighted by molar-refractivity contribution is -0.117. The van der Waals surface area contributed by atoms with Gasteiger partial charge in [0.2, 0.25) is 0 Å². The van der Waals surface area contributed by atoms with E-state index >= 15 is 0 Å². The van der Waals surface area contributed by atoms with E-state index in [2.05, 4.69) is 17.0 Å². The summed E-state index contributed by atoms with van der Waals surface area (Å²) >= 11 is 0. The highest BCUT2D eigenvalue weighted by Crippen LogP contribution is 2.26. The van der Waals surface area contributed by atoms with Crippen molar-refractivity contribution in [3.63, 3.8) is 0 Å². The normalized spacial score (nSPS) is 16.2. The minimum atomic E-state index is -0.969. The van der Waals surface area contributed by atoms with Crippen LogP contribution in [0.2, 0.25) is 0 Å². The third-order valence-corrected chi connectivity index (χ3v) is 4.72. The predicted molar refractivity (Wildman–Crippen MR) is 98.5 cm³/mol. The number of hydrogen-bond acceptors (Lipinski definition) is 4. The Labute approximate surface area is 153 Å². The van der Waals surface area contributed by atoms with Crippen molar-refractivity contribution in [2.24, 2.45) is 0 Å². The number of carbonyl (C=O) groups excluding carboxylic acids is 1. The molecule has 2 aromatic carbocycles. The lowest BCUT2D eigenvalue weighted by Gasteiger charge is -2.26. The molecule has 1 fully saturated rings. The van der Waals surface area contributed by atoms with E-state index in [0.717, 1.165) is 44.0 Å². The van der Waals surface area contributed by atoms with Gasteiger partial charge in [-0.15, -0.1) is 0 Å². The van der Waals surface area contributed by atoms with E-state index in [9.17, 15) is 9.59 Å². The van der Waals surface area contributed by atoms with Crippen LogP contribution < -0.4 is 0 Å². The second-order valence-corrected chi connectivity index (χ2v) is 6.60. The first-order valence-electron chi connectivity index (χ1n) is 8.77. The van der Waals surface area contributed by atoms with Gasteiger partial charge in [-0.3, -0.25) is 9.69 Å². The molecule has 1 saturated heterocycles. The maximum atomic E-state index is 12.2. The van der Waals surface area contributed by atoms with Gasteiger partial charge >= 0.3 is 5.97 Å². The summed E-state index contributed by atoms with van der Waals surface area (Å²) in [5.41, 5.74) is 3.16. The molecule has 1 heterocycles. The third kappa shape index (κ3) is 4.36. The first-order chi connectivity index (χ1) is 12.5. The third-order valence-electron chi connectivity index (χ3n) is 4.72. The fourth-order valence-electron chi connectivity index (χ4n) is 3.31. The van der Waals surface area contributed by atoms with Crippen molar-refractivity contribution >= 4 is 11.8 Å². The number of benzene rings is 2. The highest BCUT2D eigenvalue weighted by atomic mass is 16.5. The van der Waals surface area contributed by atoms with Crippen molar-refractivity contribution in [2.45, 2.75) is 19.4 Å². The minimum Gasteiger partial charge on any atom is -0.478 e. The van der Waals surface area contributed by atoms with Gasteiger partial charge in [-0.2, -0.15) is 0 Å². The van der Waals surface area contributed by atoms with Crippen LogP contribution in [-0.2, 0) is 16.1 Å². The summed E-state index contributed by atoms with van der Waals surface area (Å²) in [6, 6.07) is 14.6. The number of ketones is 1. The maximum Gasteiger partial charge on any atom is 0.335 e. The molecule has 5 heteroatoms. The van der Waals surface area contributed by atoms with E-state index < -0.39 is 5.97 Å². The number of ether oxygens (including phenoxy) is 1. The Hall–Kier alpha value is -2.50. The molecule has 2 aromatic rings. The molecule has 136 valence electrons. The van der Waals surface area contributed by atoms with Crippen molar-refractivity contribution in [3.05, 3.63) is 70.8 Å². The Morgan fingerprint density at radius 3 is 2.04 bits per heavy atom. The molecule has 1 aliphatic rings. The second-order valence-electron chi connectivity index (χ2n) is 6.60. The Balaban J connectivity index is 1.77. The topological polar surface area (TPSA) is 66.8 Å². The number of carboxylic acid groups (broad SMARTS) is 1. The number of nitrogens with zero attached hydrogens (tertiary/aromatic N) is 1. The van der Waals surface area contributed by atoms with Crippen LogP contribution in [0.5, 0.6) is 0 Å². The van der Waals surface area contributed by atoms with Crippen LogP contribution in [0.4, 0.5) is 0 Å². The van der Waals surface area contributed by atoms with Gasteiger partial charge in [-0.05, 0) is 35.7 Å². The van der Waals surface area contributed by atoms with Crippen LogP contribution in [0.15, 0.2) is 48.5 Å². The average molecular weight is 353 g/mol. The van der Waals surface area contributed by atoms with Gasteiger partial charge in [0, 0.05) is 19.6 Å². The summed E-state index contributed by atoms with van der Waals surface area (Å²) in [6.07, 6.45) is 0. The molecule has 0 bridgehead atoms. The number of aromatic carboxylic acids is 1. The Morgan fingerprint density at radius 2 is 1.54 bits per heavy atom. The summed E-state index contributed by atoms with van der Waals surface area (Å²) in [5.74, 6) is -1.31. The smallest absolute Gasteiger partial charge is 0.335 e. The van der Waals surface area contributed by atoms with E-state index in [1.54, 1.807) is 31.2 Å². The molecule has 0 saturated carbocycles. The number of carbonyl (C=O) groups is 2. The number of morpholine rings is 1. The van der Waals surface area contributed by atoms with E-state index in [0.29, 0.717) is 0 Å². The van der Waals surface area contributed by atoms with Crippen molar-refractivity contribution in [1.82, 2.24) is 4.90 Å². The van der Waals surface area contributed by atoms with Crippen molar-refractivity contribution in [1.29, 1.82) is 0 Å². The van der Waals surface area contributed by atoms with Crippen LogP contribution in [0.1, 0.15) is 39.9 Å².